The van der Waals surface area contributed by atoms with Gasteiger partial charge in [0.1, 0.15) is 0 Å². The lowest BCUT2D eigenvalue weighted by molar-refractivity contribution is 0.201. The van der Waals surface area contributed by atoms with Crippen LogP contribution in [0, 0.1) is 48.5 Å². The SMILES string of the molecule is Cc1cccc(N(Cc2cccc(-c3cc(C)c(C)c(C)c3)c2)C2CCN(Cc3cccc(-c4cc(C)c(C)c(C)c4)c3)CC2)c1. The summed E-state index contributed by atoms with van der Waals surface area (Å²) >= 11 is 0. The lowest BCUT2D eigenvalue weighted by Gasteiger charge is -2.40. The molecule has 1 saturated heterocycles. The maximum Gasteiger partial charge on any atom is 0.0432 e. The van der Waals surface area contributed by atoms with E-state index < -0.39 is 0 Å². The zero-order valence-electron chi connectivity index (χ0n) is 29.0. The monoisotopic (exact) mass is 606 g/mol. The highest BCUT2D eigenvalue weighted by Crippen LogP contribution is 2.31. The van der Waals surface area contributed by atoms with E-state index in [4.69, 9.17) is 0 Å². The predicted octanol–water partition coefficient (Wildman–Crippen LogP) is 10.9. The Morgan fingerprint density at radius 3 is 1.59 bits per heavy atom. The van der Waals surface area contributed by atoms with Crippen LogP contribution in [0.2, 0.25) is 0 Å². The molecule has 46 heavy (non-hydrogen) atoms. The Hall–Kier alpha value is -4.14. The van der Waals surface area contributed by atoms with Crippen LogP contribution in [0.1, 0.15) is 62.9 Å². The Bertz CT molecular complexity index is 1790. The summed E-state index contributed by atoms with van der Waals surface area (Å²) in [5.74, 6) is 0. The number of aryl methyl sites for hydroxylation is 5. The molecule has 5 aromatic carbocycles. The molecule has 236 valence electrons. The van der Waals surface area contributed by atoms with Crippen molar-refractivity contribution in [2.75, 3.05) is 18.0 Å². The quantitative estimate of drug-likeness (QED) is 0.173. The maximum absolute atomic E-state index is 2.68. The van der Waals surface area contributed by atoms with Crippen molar-refractivity contribution < 1.29 is 0 Å². The summed E-state index contributed by atoms with van der Waals surface area (Å²) in [6.45, 7) is 19.7. The van der Waals surface area contributed by atoms with E-state index in [1.54, 1.807) is 0 Å². The number of likely N-dealkylation sites (tertiary alicyclic amines) is 1. The highest BCUT2D eigenvalue weighted by molar-refractivity contribution is 5.68. The number of anilines is 1. The number of nitrogens with zero attached hydrogens (tertiary/aromatic N) is 2. The molecule has 0 aromatic heterocycles. The summed E-state index contributed by atoms with van der Waals surface area (Å²) in [7, 11) is 0. The van der Waals surface area contributed by atoms with Crippen molar-refractivity contribution in [1.82, 2.24) is 4.90 Å². The Morgan fingerprint density at radius 2 is 1.04 bits per heavy atom. The maximum atomic E-state index is 2.68. The van der Waals surface area contributed by atoms with Crippen molar-refractivity contribution in [3.8, 4) is 22.3 Å². The van der Waals surface area contributed by atoms with Crippen LogP contribution < -0.4 is 4.90 Å². The molecule has 0 amide bonds. The van der Waals surface area contributed by atoms with Crippen LogP contribution in [-0.2, 0) is 13.1 Å². The molecule has 5 aromatic rings. The van der Waals surface area contributed by atoms with E-state index in [-0.39, 0.29) is 0 Å². The number of benzene rings is 5. The summed E-state index contributed by atoms with van der Waals surface area (Å²) in [6.07, 6.45) is 2.33. The third-order valence-corrected chi connectivity index (χ3v) is 10.5. The van der Waals surface area contributed by atoms with Crippen LogP contribution in [0.3, 0.4) is 0 Å². The third kappa shape index (κ3) is 7.13. The number of rotatable bonds is 8. The van der Waals surface area contributed by atoms with Gasteiger partial charge >= 0.3 is 0 Å². The van der Waals surface area contributed by atoms with E-state index in [1.807, 2.05) is 0 Å². The van der Waals surface area contributed by atoms with Crippen molar-refractivity contribution >= 4 is 5.69 Å². The fourth-order valence-corrected chi connectivity index (χ4v) is 7.19. The standard InChI is InChI=1S/C44H50N2/c1-30-11-8-16-44(21-30)46(29-38-13-10-15-40(27-38)42-24-33(4)36(7)34(5)25-42)43-17-19-45(20-18-43)28-37-12-9-14-39(26-37)41-22-31(2)35(6)32(3)23-41/h8-16,21-27,43H,17-20,28-29H2,1-7H3. The van der Waals surface area contributed by atoms with Gasteiger partial charge in [-0.05, 0) is 158 Å². The second kappa shape index (κ2) is 13.7. The lowest BCUT2D eigenvalue weighted by Crippen LogP contribution is -2.44. The second-order valence-corrected chi connectivity index (χ2v) is 13.8. The lowest BCUT2D eigenvalue weighted by atomic mass is 9.95. The van der Waals surface area contributed by atoms with Gasteiger partial charge in [-0.2, -0.15) is 0 Å². The first-order valence-corrected chi connectivity index (χ1v) is 17.0. The fourth-order valence-electron chi connectivity index (χ4n) is 7.19. The Labute approximate surface area is 277 Å². The van der Waals surface area contributed by atoms with Crippen LogP contribution >= 0.6 is 0 Å². The molecule has 1 fully saturated rings. The molecule has 0 N–H and O–H groups in total. The van der Waals surface area contributed by atoms with Crippen molar-refractivity contribution in [2.45, 2.75) is 80.4 Å². The molecular weight excluding hydrogens is 556 g/mol. The van der Waals surface area contributed by atoms with Gasteiger partial charge in [-0.25, -0.2) is 0 Å². The molecular formula is C44H50N2. The van der Waals surface area contributed by atoms with Gasteiger partial charge in [0.05, 0.1) is 0 Å². The summed E-state index contributed by atoms with van der Waals surface area (Å²) in [5.41, 5.74) is 18.9. The molecule has 0 atom stereocenters. The van der Waals surface area contributed by atoms with Crippen molar-refractivity contribution in [1.29, 1.82) is 0 Å². The van der Waals surface area contributed by atoms with Gasteiger partial charge in [0.25, 0.3) is 0 Å². The molecule has 0 spiro atoms. The van der Waals surface area contributed by atoms with Crippen LogP contribution in [0.15, 0.2) is 97.1 Å². The summed E-state index contributed by atoms with van der Waals surface area (Å²) in [4.78, 5) is 5.33. The molecule has 0 saturated carbocycles. The first kappa shape index (κ1) is 31.8. The van der Waals surface area contributed by atoms with Crippen molar-refractivity contribution in [3.63, 3.8) is 0 Å². The summed E-state index contributed by atoms with van der Waals surface area (Å²) < 4.78 is 0. The first-order chi connectivity index (χ1) is 22.1. The number of hydrogen-bond acceptors (Lipinski definition) is 2. The van der Waals surface area contributed by atoms with Gasteiger partial charge in [-0.1, -0.05) is 72.8 Å². The third-order valence-electron chi connectivity index (χ3n) is 10.5. The summed E-state index contributed by atoms with van der Waals surface area (Å²) in [5, 5.41) is 0. The highest BCUT2D eigenvalue weighted by atomic mass is 15.2. The minimum Gasteiger partial charge on any atom is -0.364 e. The van der Waals surface area contributed by atoms with E-state index in [1.165, 1.54) is 90.9 Å². The van der Waals surface area contributed by atoms with Gasteiger partial charge in [-0.15, -0.1) is 0 Å². The zero-order chi connectivity index (χ0) is 32.4. The molecule has 2 heteroatoms. The van der Waals surface area contributed by atoms with E-state index in [0.29, 0.717) is 6.04 Å². The largest absolute Gasteiger partial charge is 0.364 e. The van der Waals surface area contributed by atoms with E-state index in [2.05, 4.69) is 155 Å². The van der Waals surface area contributed by atoms with Gasteiger partial charge in [0.15, 0.2) is 0 Å². The van der Waals surface area contributed by atoms with Gasteiger partial charge < -0.3 is 4.90 Å². The van der Waals surface area contributed by atoms with Gasteiger partial charge in [0.2, 0.25) is 0 Å². The van der Waals surface area contributed by atoms with Gasteiger partial charge in [-0.3, -0.25) is 4.90 Å². The molecule has 0 aliphatic carbocycles. The minimum absolute atomic E-state index is 0.510. The average molecular weight is 607 g/mol. The van der Waals surface area contributed by atoms with Crippen molar-refractivity contribution in [3.05, 3.63) is 147 Å². The highest BCUT2D eigenvalue weighted by Gasteiger charge is 2.25. The molecule has 1 heterocycles. The van der Waals surface area contributed by atoms with Crippen LogP contribution in [-0.4, -0.2) is 24.0 Å². The van der Waals surface area contributed by atoms with E-state index >= 15 is 0 Å². The van der Waals surface area contributed by atoms with Crippen LogP contribution in [0.4, 0.5) is 5.69 Å². The van der Waals surface area contributed by atoms with E-state index in [0.717, 1.165) is 26.2 Å². The van der Waals surface area contributed by atoms with Crippen LogP contribution in [0.5, 0.6) is 0 Å². The molecule has 1 aliphatic rings. The smallest absolute Gasteiger partial charge is 0.0432 e. The first-order valence-electron chi connectivity index (χ1n) is 17.0. The number of hydrogen-bond donors (Lipinski definition) is 0. The topological polar surface area (TPSA) is 6.48 Å². The Balaban J connectivity index is 1.18. The van der Waals surface area contributed by atoms with Crippen molar-refractivity contribution in [2.24, 2.45) is 0 Å². The van der Waals surface area contributed by atoms with Crippen LogP contribution in [0.25, 0.3) is 22.3 Å². The predicted molar refractivity (Wildman–Crippen MR) is 198 cm³/mol. The molecule has 6 rings (SSSR count). The van der Waals surface area contributed by atoms with Gasteiger partial charge in [0, 0.05) is 37.9 Å². The number of piperidine rings is 1. The molecule has 0 bridgehead atoms. The minimum atomic E-state index is 0.510. The Morgan fingerprint density at radius 1 is 0.543 bits per heavy atom. The summed E-state index contributed by atoms with van der Waals surface area (Å²) in [6, 6.07) is 37.4. The molecule has 2 nitrogen and oxygen atoms in total. The van der Waals surface area contributed by atoms with E-state index in [9.17, 15) is 0 Å². The average Bonchev–Trinajstić information content (AvgIpc) is 3.05. The Kier molecular flexibility index (Phi) is 9.47. The fraction of sp³-hybridized carbons (Fsp3) is 0.318. The zero-order valence-corrected chi connectivity index (χ0v) is 29.0. The molecule has 0 radical (unpaired) electrons. The normalized spacial score (nSPS) is 14.1. The molecule has 0 unspecified atom stereocenters. The molecule has 1 aliphatic heterocycles. The second-order valence-electron chi connectivity index (χ2n) is 13.8.